The molecule has 0 fully saturated rings. The van der Waals surface area contributed by atoms with Gasteiger partial charge in [-0.3, -0.25) is 0 Å². The number of rotatable bonds is 5. The van der Waals surface area contributed by atoms with E-state index in [1.54, 1.807) is 0 Å². The molecule has 1 aromatic carbocycles. The van der Waals surface area contributed by atoms with Crippen molar-refractivity contribution in [3.05, 3.63) is 35.9 Å². The molecule has 1 unspecified atom stereocenters. The van der Waals surface area contributed by atoms with Crippen LogP contribution >= 0.6 is 0 Å². The van der Waals surface area contributed by atoms with Gasteiger partial charge in [0.2, 0.25) is 0 Å². The van der Waals surface area contributed by atoms with Crippen LogP contribution in [0.25, 0.3) is 0 Å². The standard InChI is InChI=1S/C15H25N/c1-13(16-12-15(2,3)4)10-11-14-8-6-5-7-9-14/h5-9,13,16H,10-12H2,1-4H3. The van der Waals surface area contributed by atoms with E-state index >= 15 is 0 Å². The Balaban J connectivity index is 2.23. The highest BCUT2D eigenvalue weighted by atomic mass is 14.9. The van der Waals surface area contributed by atoms with Crippen LogP contribution in [0.3, 0.4) is 0 Å². The van der Waals surface area contributed by atoms with Crippen LogP contribution in [0.1, 0.15) is 39.7 Å². The lowest BCUT2D eigenvalue weighted by atomic mass is 9.96. The van der Waals surface area contributed by atoms with E-state index in [0.717, 1.165) is 6.54 Å². The molecule has 0 amide bonds. The van der Waals surface area contributed by atoms with Crippen molar-refractivity contribution in [2.24, 2.45) is 5.41 Å². The lowest BCUT2D eigenvalue weighted by Crippen LogP contribution is -2.34. The van der Waals surface area contributed by atoms with Crippen LogP contribution in [0.2, 0.25) is 0 Å². The van der Waals surface area contributed by atoms with Gasteiger partial charge in [-0.1, -0.05) is 51.1 Å². The zero-order valence-electron chi connectivity index (χ0n) is 11.1. The van der Waals surface area contributed by atoms with Gasteiger partial charge in [0, 0.05) is 12.6 Å². The van der Waals surface area contributed by atoms with Gasteiger partial charge in [0.05, 0.1) is 0 Å². The van der Waals surface area contributed by atoms with Gasteiger partial charge in [0.1, 0.15) is 0 Å². The second kappa shape index (κ2) is 6.05. The molecule has 1 N–H and O–H groups in total. The molecule has 1 rings (SSSR count). The molecule has 90 valence electrons. The smallest absolute Gasteiger partial charge is 0.00421 e. The highest BCUT2D eigenvalue weighted by Crippen LogP contribution is 2.12. The molecule has 0 saturated carbocycles. The lowest BCUT2D eigenvalue weighted by molar-refractivity contribution is 0.351. The fraction of sp³-hybridized carbons (Fsp3) is 0.600. The summed E-state index contributed by atoms with van der Waals surface area (Å²) in [4.78, 5) is 0. The van der Waals surface area contributed by atoms with Gasteiger partial charge >= 0.3 is 0 Å². The largest absolute Gasteiger partial charge is 0.314 e. The fourth-order valence-electron chi connectivity index (χ4n) is 1.61. The molecule has 0 aromatic heterocycles. The molecule has 1 aromatic rings. The summed E-state index contributed by atoms with van der Waals surface area (Å²) in [5.41, 5.74) is 1.81. The van der Waals surface area contributed by atoms with Gasteiger partial charge in [-0.15, -0.1) is 0 Å². The van der Waals surface area contributed by atoms with Crippen LogP contribution in [0.5, 0.6) is 0 Å². The van der Waals surface area contributed by atoms with E-state index in [9.17, 15) is 0 Å². The molecule has 0 bridgehead atoms. The van der Waals surface area contributed by atoms with Crippen molar-refractivity contribution in [2.75, 3.05) is 6.54 Å². The summed E-state index contributed by atoms with van der Waals surface area (Å²) in [6.45, 7) is 10.2. The number of benzene rings is 1. The Labute approximate surface area is 100 Å². The second-order valence-electron chi connectivity index (χ2n) is 5.87. The van der Waals surface area contributed by atoms with E-state index in [-0.39, 0.29) is 0 Å². The van der Waals surface area contributed by atoms with Crippen molar-refractivity contribution < 1.29 is 0 Å². The minimum absolute atomic E-state index is 0.376. The van der Waals surface area contributed by atoms with E-state index < -0.39 is 0 Å². The first-order chi connectivity index (χ1) is 7.47. The number of hydrogen-bond donors (Lipinski definition) is 1. The Morgan fingerprint density at radius 3 is 2.31 bits per heavy atom. The topological polar surface area (TPSA) is 12.0 Å². The second-order valence-corrected chi connectivity index (χ2v) is 5.87. The molecule has 0 radical (unpaired) electrons. The Morgan fingerprint density at radius 2 is 1.75 bits per heavy atom. The van der Waals surface area contributed by atoms with Crippen molar-refractivity contribution >= 4 is 0 Å². The van der Waals surface area contributed by atoms with Gasteiger partial charge in [-0.25, -0.2) is 0 Å². The maximum atomic E-state index is 3.59. The number of nitrogens with one attached hydrogen (secondary N) is 1. The summed E-state index contributed by atoms with van der Waals surface area (Å²) >= 11 is 0. The highest BCUT2D eigenvalue weighted by Gasteiger charge is 2.11. The van der Waals surface area contributed by atoms with Crippen molar-refractivity contribution in [2.45, 2.75) is 46.6 Å². The van der Waals surface area contributed by atoms with E-state index in [2.05, 4.69) is 63.3 Å². The van der Waals surface area contributed by atoms with Crippen LogP contribution in [-0.4, -0.2) is 12.6 Å². The summed E-state index contributed by atoms with van der Waals surface area (Å²) in [5.74, 6) is 0. The Morgan fingerprint density at radius 1 is 1.12 bits per heavy atom. The molecule has 16 heavy (non-hydrogen) atoms. The zero-order valence-corrected chi connectivity index (χ0v) is 11.1. The first kappa shape index (κ1) is 13.2. The number of hydrogen-bond acceptors (Lipinski definition) is 1. The van der Waals surface area contributed by atoms with E-state index in [1.165, 1.54) is 18.4 Å². The van der Waals surface area contributed by atoms with Gasteiger partial charge in [-0.2, -0.15) is 0 Å². The van der Waals surface area contributed by atoms with Crippen molar-refractivity contribution in [3.63, 3.8) is 0 Å². The number of aryl methyl sites for hydroxylation is 1. The average Bonchev–Trinajstić information content (AvgIpc) is 2.24. The van der Waals surface area contributed by atoms with Gasteiger partial charge < -0.3 is 5.32 Å². The zero-order chi connectivity index (χ0) is 12.0. The molecular formula is C15H25N. The fourth-order valence-corrected chi connectivity index (χ4v) is 1.61. The molecule has 1 atom stereocenters. The molecule has 0 heterocycles. The summed E-state index contributed by atoms with van der Waals surface area (Å²) in [6, 6.07) is 11.3. The maximum Gasteiger partial charge on any atom is 0.00421 e. The monoisotopic (exact) mass is 219 g/mol. The summed E-state index contributed by atoms with van der Waals surface area (Å²) in [7, 11) is 0. The van der Waals surface area contributed by atoms with Crippen LogP contribution in [-0.2, 0) is 6.42 Å². The van der Waals surface area contributed by atoms with Crippen LogP contribution in [0.4, 0.5) is 0 Å². The third-order valence-electron chi connectivity index (χ3n) is 2.69. The van der Waals surface area contributed by atoms with Crippen LogP contribution in [0.15, 0.2) is 30.3 Å². The van der Waals surface area contributed by atoms with Crippen molar-refractivity contribution in [1.82, 2.24) is 5.32 Å². The minimum Gasteiger partial charge on any atom is -0.314 e. The van der Waals surface area contributed by atoms with Crippen LogP contribution in [0, 0.1) is 5.41 Å². The Bertz CT molecular complexity index is 284. The highest BCUT2D eigenvalue weighted by molar-refractivity contribution is 5.14. The summed E-state index contributed by atoms with van der Waals surface area (Å²) < 4.78 is 0. The van der Waals surface area contributed by atoms with Crippen molar-refractivity contribution in [1.29, 1.82) is 0 Å². The Kier molecular flexibility index (Phi) is 5.01. The minimum atomic E-state index is 0.376. The first-order valence-electron chi connectivity index (χ1n) is 6.25. The molecular weight excluding hydrogens is 194 g/mol. The molecule has 0 aliphatic rings. The summed E-state index contributed by atoms with van der Waals surface area (Å²) in [6.07, 6.45) is 2.37. The molecule has 1 nitrogen and oxygen atoms in total. The third kappa shape index (κ3) is 5.92. The normalized spacial score (nSPS) is 13.8. The molecule has 0 aliphatic heterocycles. The van der Waals surface area contributed by atoms with Gasteiger partial charge in [0.15, 0.2) is 0 Å². The predicted molar refractivity (Wildman–Crippen MR) is 71.7 cm³/mol. The summed E-state index contributed by atoms with van der Waals surface area (Å²) in [5, 5.41) is 3.59. The van der Waals surface area contributed by atoms with E-state index in [1.807, 2.05) is 0 Å². The van der Waals surface area contributed by atoms with Gasteiger partial charge in [-0.05, 0) is 30.7 Å². The van der Waals surface area contributed by atoms with Gasteiger partial charge in [0.25, 0.3) is 0 Å². The van der Waals surface area contributed by atoms with Crippen molar-refractivity contribution in [3.8, 4) is 0 Å². The SMILES string of the molecule is CC(CCc1ccccc1)NCC(C)(C)C. The average molecular weight is 219 g/mol. The van der Waals surface area contributed by atoms with E-state index in [4.69, 9.17) is 0 Å². The lowest BCUT2D eigenvalue weighted by Gasteiger charge is -2.22. The molecule has 0 saturated heterocycles. The maximum absolute atomic E-state index is 3.59. The quantitative estimate of drug-likeness (QED) is 0.797. The van der Waals surface area contributed by atoms with E-state index in [0.29, 0.717) is 11.5 Å². The van der Waals surface area contributed by atoms with Crippen LogP contribution < -0.4 is 5.32 Å². The predicted octanol–water partition coefficient (Wildman–Crippen LogP) is 3.64. The molecule has 0 aliphatic carbocycles. The first-order valence-corrected chi connectivity index (χ1v) is 6.25. The third-order valence-corrected chi connectivity index (χ3v) is 2.69. The molecule has 1 heteroatoms. The molecule has 0 spiro atoms. The Hall–Kier alpha value is -0.820.